The van der Waals surface area contributed by atoms with Crippen LogP contribution in [0.4, 0.5) is 0 Å². The molecule has 6 rings (SSSR count). The zero-order valence-corrected chi connectivity index (χ0v) is 17.1. The predicted molar refractivity (Wildman–Crippen MR) is 109 cm³/mol. The fourth-order valence-electron chi connectivity index (χ4n) is 6.42. The van der Waals surface area contributed by atoms with Crippen molar-refractivity contribution >= 4 is 15.9 Å². The molecule has 0 spiro atoms. The van der Waals surface area contributed by atoms with Crippen molar-refractivity contribution in [3.63, 3.8) is 0 Å². The number of benzene rings is 1. The summed E-state index contributed by atoms with van der Waals surface area (Å²) in [6.45, 7) is 3.26. The Bertz CT molecular complexity index is 742. The lowest BCUT2D eigenvalue weighted by Gasteiger charge is -2.59. The molecule has 2 aromatic rings. The SMILES string of the molecule is CC(NCc1ccc(-c2ccc(Br)cc2)o1)C12CC3CC(CC(C3)C1)C2. The van der Waals surface area contributed by atoms with Gasteiger partial charge in [-0.25, -0.2) is 0 Å². The van der Waals surface area contributed by atoms with Gasteiger partial charge in [-0.05, 0) is 92.9 Å². The Labute approximate surface area is 164 Å². The molecule has 4 bridgehead atoms. The van der Waals surface area contributed by atoms with Gasteiger partial charge in [0.1, 0.15) is 11.5 Å². The highest BCUT2D eigenvalue weighted by molar-refractivity contribution is 9.10. The average Bonchev–Trinajstić information content (AvgIpc) is 3.08. The summed E-state index contributed by atoms with van der Waals surface area (Å²) in [5.74, 6) is 5.03. The first-order valence-corrected chi connectivity index (χ1v) is 11.0. The van der Waals surface area contributed by atoms with Crippen molar-refractivity contribution < 1.29 is 4.42 Å². The summed E-state index contributed by atoms with van der Waals surface area (Å²) in [5.41, 5.74) is 1.68. The van der Waals surface area contributed by atoms with Crippen molar-refractivity contribution in [3.05, 3.63) is 46.6 Å². The van der Waals surface area contributed by atoms with Crippen LogP contribution in [-0.2, 0) is 6.54 Å². The molecule has 2 nitrogen and oxygen atoms in total. The van der Waals surface area contributed by atoms with Crippen LogP contribution in [0, 0.1) is 23.2 Å². The number of nitrogens with one attached hydrogen (secondary N) is 1. The molecular formula is C23H28BrNO. The van der Waals surface area contributed by atoms with Crippen LogP contribution < -0.4 is 5.32 Å². The van der Waals surface area contributed by atoms with Crippen molar-refractivity contribution in [2.75, 3.05) is 0 Å². The van der Waals surface area contributed by atoms with Gasteiger partial charge in [0.25, 0.3) is 0 Å². The average molecular weight is 414 g/mol. The van der Waals surface area contributed by atoms with Gasteiger partial charge in [-0.15, -0.1) is 0 Å². The fraction of sp³-hybridized carbons (Fsp3) is 0.565. The van der Waals surface area contributed by atoms with Crippen LogP contribution >= 0.6 is 15.9 Å². The van der Waals surface area contributed by atoms with E-state index in [-0.39, 0.29) is 0 Å². The lowest BCUT2D eigenvalue weighted by molar-refractivity contribution is -0.0708. The molecule has 1 aromatic heterocycles. The van der Waals surface area contributed by atoms with Crippen LogP contribution in [0.15, 0.2) is 45.3 Å². The molecule has 138 valence electrons. The Balaban J connectivity index is 1.25. The van der Waals surface area contributed by atoms with Crippen LogP contribution in [-0.4, -0.2) is 6.04 Å². The van der Waals surface area contributed by atoms with Gasteiger partial charge in [0.15, 0.2) is 0 Å². The number of furan rings is 1. The first-order chi connectivity index (χ1) is 12.6. The summed E-state index contributed by atoms with van der Waals surface area (Å²) < 4.78 is 7.20. The first-order valence-electron chi connectivity index (χ1n) is 10.2. The van der Waals surface area contributed by atoms with Crippen molar-refractivity contribution in [1.29, 1.82) is 0 Å². The first kappa shape index (κ1) is 17.1. The largest absolute Gasteiger partial charge is 0.460 e. The van der Waals surface area contributed by atoms with E-state index in [0.29, 0.717) is 11.5 Å². The molecule has 1 atom stereocenters. The second-order valence-electron chi connectivity index (χ2n) is 9.16. The molecule has 26 heavy (non-hydrogen) atoms. The van der Waals surface area contributed by atoms with E-state index in [2.05, 4.69) is 64.6 Å². The molecule has 4 fully saturated rings. The van der Waals surface area contributed by atoms with E-state index in [9.17, 15) is 0 Å². The van der Waals surface area contributed by atoms with Crippen LogP contribution in [0.25, 0.3) is 11.3 Å². The van der Waals surface area contributed by atoms with Crippen LogP contribution in [0.5, 0.6) is 0 Å². The topological polar surface area (TPSA) is 25.2 Å². The van der Waals surface area contributed by atoms with Gasteiger partial charge in [0.05, 0.1) is 6.54 Å². The number of hydrogen-bond donors (Lipinski definition) is 1. The minimum absolute atomic E-state index is 0.551. The lowest BCUT2D eigenvalue weighted by atomic mass is 9.48. The molecule has 4 aliphatic rings. The summed E-state index contributed by atoms with van der Waals surface area (Å²) >= 11 is 3.49. The van der Waals surface area contributed by atoms with E-state index in [0.717, 1.165) is 45.9 Å². The second kappa shape index (κ2) is 6.53. The van der Waals surface area contributed by atoms with E-state index >= 15 is 0 Å². The van der Waals surface area contributed by atoms with E-state index in [1.54, 1.807) is 0 Å². The standard InChI is InChI=1S/C23H28BrNO/c1-15(23-11-16-8-17(12-23)10-18(9-16)13-23)25-14-21-6-7-22(26-21)19-2-4-20(24)5-3-19/h2-7,15-18,25H,8-14H2,1H3. The summed E-state index contributed by atoms with van der Waals surface area (Å²) in [6, 6.07) is 13.1. The van der Waals surface area contributed by atoms with Crippen LogP contribution in [0.3, 0.4) is 0 Å². The highest BCUT2D eigenvalue weighted by Gasteiger charge is 2.52. The van der Waals surface area contributed by atoms with Crippen molar-refractivity contribution in [3.8, 4) is 11.3 Å². The van der Waals surface area contributed by atoms with Crippen molar-refractivity contribution in [2.24, 2.45) is 23.2 Å². The van der Waals surface area contributed by atoms with E-state index in [4.69, 9.17) is 4.42 Å². The quantitative estimate of drug-likeness (QED) is 0.612. The Hall–Kier alpha value is -1.06. The monoisotopic (exact) mass is 413 g/mol. The Kier molecular flexibility index (Phi) is 4.28. The Morgan fingerprint density at radius 3 is 2.23 bits per heavy atom. The zero-order chi connectivity index (χ0) is 17.7. The summed E-state index contributed by atoms with van der Waals surface area (Å²) in [6.07, 6.45) is 8.91. The predicted octanol–water partition coefficient (Wildman–Crippen LogP) is 6.40. The molecule has 0 aliphatic heterocycles. The Morgan fingerprint density at radius 1 is 1.00 bits per heavy atom. The second-order valence-corrected chi connectivity index (χ2v) is 10.1. The fourth-order valence-corrected chi connectivity index (χ4v) is 6.68. The van der Waals surface area contributed by atoms with Crippen LogP contribution in [0.2, 0.25) is 0 Å². The van der Waals surface area contributed by atoms with E-state index in [1.165, 1.54) is 38.5 Å². The molecule has 1 heterocycles. The molecule has 0 radical (unpaired) electrons. The Morgan fingerprint density at radius 2 is 1.62 bits per heavy atom. The van der Waals surface area contributed by atoms with Gasteiger partial charge < -0.3 is 9.73 Å². The third-order valence-corrected chi connectivity index (χ3v) is 7.91. The molecule has 3 heteroatoms. The number of rotatable bonds is 5. The highest BCUT2D eigenvalue weighted by Crippen LogP contribution is 2.61. The van der Waals surface area contributed by atoms with Crippen LogP contribution in [0.1, 0.15) is 51.2 Å². The van der Waals surface area contributed by atoms with Gasteiger partial charge in [-0.2, -0.15) is 0 Å². The third-order valence-electron chi connectivity index (χ3n) is 7.38. The molecule has 1 unspecified atom stereocenters. The maximum absolute atomic E-state index is 6.10. The maximum Gasteiger partial charge on any atom is 0.134 e. The summed E-state index contributed by atoms with van der Waals surface area (Å²) in [5, 5.41) is 3.83. The number of halogens is 1. The zero-order valence-electron chi connectivity index (χ0n) is 15.5. The molecule has 1 aromatic carbocycles. The normalized spacial score (nSPS) is 33.5. The summed E-state index contributed by atoms with van der Waals surface area (Å²) in [4.78, 5) is 0. The molecule has 1 N–H and O–H groups in total. The molecular weight excluding hydrogens is 386 g/mol. The van der Waals surface area contributed by atoms with E-state index in [1.807, 2.05) is 0 Å². The molecule has 4 aliphatic carbocycles. The molecule has 0 saturated heterocycles. The van der Waals surface area contributed by atoms with Gasteiger partial charge in [0, 0.05) is 16.1 Å². The van der Waals surface area contributed by atoms with Gasteiger partial charge >= 0.3 is 0 Å². The number of hydrogen-bond acceptors (Lipinski definition) is 2. The van der Waals surface area contributed by atoms with Gasteiger partial charge in [-0.1, -0.05) is 28.1 Å². The smallest absolute Gasteiger partial charge is 0.134 e. The van der Waals surface area contributed by atoms with Crippen molar-refractivity contribution in [1.82, 2.24) is 5.32 Å². The lowest BCUT2D eigenvalue weighted by Crippen LogP contribution is -2.54. The third kappa shape index (κ3) is 3.07. The maximum atomic E-state index is 6.10. The van der Waals surface area contributed by atoms with Gasteiger partial charge in [-0.3, -0.25) is 0 Å². The molecule has 4 saturated carbocycles. The summed E-state index contributed by atoms with van der Waals surface area (Å²) in [7, 11) is 0. The van der Waals surface area contributed by atoms with Crippen molar-refractivity contribution in [2.45, 2.75) is 58.0 Å². The minimum Gasteiger partial charge on any atom is -0.460 e. The highest BCUT2D eigenvalue weighted by atomic mass is 79.9. The minimum atomic E-state index is 0.551. The van der Waals surface area contributed by atoms with E-state index < -0.39 is 0 Å². The molecule has 0 amide bonds. The van der Waals surface area contributed by atoms with Gasteiger partial charge in [0.2, 0.25) is 0 Å².